The van der Waals surface area contributed by atoms with Gasteiger partial charge in [0, 0.05) is 6.54 Å². The van der Waals surface area contributed by atoms with E-state index in [1.165, 1.54) is 12.0 Å². The van der Waals surface area contributed by atoms with Crippen LogP contribution in [-0.4, -0.2) is 48.9 Å². The number of rotatable bonds is 7. The molecule has 1 aliphatic heterocycles. The smallest absolute Gasteiger partial charge is 0.343 e. The van der Waals surface area contributed by atoms with E-state index in [1.807, 2.05) is 6.92 Å². The molecule has 0 aromatic heterocycles. The summed E-state index contributed by atoms with van der Waals surface area (Å²) in [6, 6.07) is 5.05. The Morgan fingerprint density at radius 3 is 2.56 bits per heavy atom. The van der Waals surface area contributed by atoms with Crippen LogP contribution >= 0.6 is 11.8 Å². The van der Waals surface area contributed by atoms with Gasteiger partial charge in [0.05, 0.1) is 18.6 Å². The summed E-state index contributed by atoms with van der Waals surface area (Å²) in [5, 5.41) is -0.276. The van der Waals surface area contributed by atoms with Gasteiger partial charge in [-0.05, 0) is 49.4 Å². The fourth-order valence-corrected chi connectivity index (χ4v) is 3.02. The van der Waals surface area contributed by atoms with E-state index < -0.39 is 5.97 Å². The molecule has 0 aliphatic carbocycles. The molecular formula is C17H19NO6S. The molecule has 1 aromatic carbocycles. The van der Waals surface area contributed by atoms with Crippen molar-refractivity contribution in [3.8, 4) is 11.5 Å². The van der Waals surface area contributed by atoms with Gasteiger partial charge in [-0.15, -0.1) is 0 Å². The van der Waals surface area contributed by atoms with Crippen molar-refractivity contribution >= 4 is 35.0 Å². The lowest BCUT2D eigenvalue weighted by molar-refractivity contribution is -0.142. The molecule has 0 saturated carbocycles. The zero-order chi connectivity index (χ0) is 18.4. The van der Waals surface area contributed by atoms with Crippen molar-refractivity contribution in [3.05, 3.63) is 28.7 Å². The number of hydrogen-bond acceptors (Lipinski definition) is 7. The largest absolute Gasteiger partial charge is 0.490 e. The first kappa shape index (κ1) is 18.9. The minimum Gasteiger partial charge on any atom is -0.490 e. The second-order valence-corrected chi connectivity index (χ2v) is 5.92. The molecule has 2 amide bonds. The predicted molar refractivity (Wildman–Crippen MR) is 93.5 cm³/mol. The van der Waals surface area contributed by atoms with Gasteiger partial charge in [-0.3, -0.25) is 14.5 Å². The Labute approximate surface area is 149 Å². The lowest BCUT2D eigenvalue weighted by Crippen LogP contribution is -2.27. The minimum absolute atomic E-state index is 0.231. The van der Waals surface area contributed by atoms with Gasteiger partial charge in [-0.1, -0.05) is 6.07 Å². The minimum atomic E-state index is -0.500. The average molecular weight is 365 g/mol. The van der Waals surface area contributed by atoms with Crippen LogP contribution in [0.15, 0.2) is 23.1 Å². The molecule has 1 saturated heterocycles. The first-order valence-electron chi connectivity index (χ1n) is 7.72. The number of methoxy groups -OCH3 is 1. The fraction of sp³-hybridized carbons (Fsp3) is 0.353. The van der Waals surface area contributed by atoms with E-state index in [2.05, 4.69) is 4.74 Å². The summed E-state index contributed by atoms with van der Waals surface area (Å²) in [5.41, 5.74) is 0.690. The quantitative estimate of drug-likeness (QED) is 0.543. The molecular weight excluding hydrogens is 346 g/mol. The Morgan fingerprint density at radius 2 is 1.96 bits per heavy atom. The highest BCUT2D eigenvalue weighted by Gasteiger charge is 2.33. The lowest BCUT2D eigenvalue weighted by atomic mass is 10.2. The second kappa shape index (κ2) is 8.57. The predicted octanol–water partition coefficient (Wildman–Crippen LogP) is 2.69. The third-order valence-electron chi connectivity index (χ3n) is 3.33. The number of nitrogens with zero attached hydrogens (tertiary/aromatic N) is 1. The monoisotopic (exact) mass is 365 g/mol. The number of hydrogen-bond donors (Lipinski definition) is 0. The second-order valence-electron chi connectivity index (χ2n) is 4.93. The molecule has 1 aromatic rings. The maximum absolute atomic E-state index is 12.1. The van der Waals surface area contributed by atoms with E-state index in [0.717, 1.165) is 11.8 Å². The first-order chi connectivity index (χ1) is 12.0. The number of benzene rings is 1. The molecule has 0 unspecified atom stereocenters. The van der Waals surface area contributed by atoms with Crippen LogP contribution in [0.1, 0.15) is 19.4 Å². The van der Waals surface area contributed by atoms with Crippen LogP contribution in [0.4, 0.5) is 4.79 Å². The number of imide groups is 1. The van der Waals surface area contributed by atoms with Crippen LogP contribution in [0.3, 0.4) is 0 Å². The number of thioether (sulfide) groups is 1. The van der Waals surface area contributed by atoms with Gasteiger partial charge in [0.15, 0.2) is 18.1 Å². The molecule has 1 fully saturated rings. The number of carbonyl (C=O) groups excluding carboxylic acids is 3. The van der Waals surface area contributed by atoms with E-state index in [4.69, 9.17) is 9.47 Å². The van der Waals surface area contributed by atoms with Crippen LogP contribution < -0.4 is 9.47 Å². The van der Waals surface area contributed by atoms with Gasteiger partial charge in [-0.2, -0.15) is 0 Å². The van der Waals surface area contributed by atoms with Crippen molar-refractivity contribution in [2.75, 3.05) is 26.9 Å². The van der Waals surface area contributed by atoms with E-state index in [0.29, 0.717) is 35.1 Å². The summed E-state index contributed by atoms with van der Waals surface area (Å²) in [4.78, 5) is 36.7. The van der Waals surface area contributed by atoms with Crippen molar-refractivity contribution in [3.63, 3.8) is 0 Å². The number of amides is 2. The van der Waals surface area contributed by atoms with Crippen molar-refractivity contribution in [2.45, 2.75) is 13.8 Å². The summed E-state index contributed by atoms with van der Waals surface area (Å²) in [6.07, 6.45) is 1.63. The van der Waals surface area contributed by atoms with Gasteiger partial charge in [0.1, 0.15) is 0 Å². The molecule has 1 aliphatic rings. The van der Waals surface area contributed by atoms with Crippen LogP contribution in [0.5, 0.6) is 11.5 Å². The Kier molecular flexibility index (Phi) is 6.46. The maximum Gasteiger partial charge on any atom is 0.343 e. The molecule has 8 heteroatoms. The average Bonchev–Trinajstić information content (AvgIpc) is 2.87. The molecule has 0 spiro atoms. The standard InChI is InChI=1S/C17H19NO6S/c1-4-18-16(20)14(25-17(18)21)9-11-6-7-12(13(8-11)23-5-2)24-10-15(19)22-3/h6-9H,4-5,10H2,1-3H3/b14-9-. The van der Waals surface area contributed by atoms with E-state index in [-0.39, 0.29) is 17.8 Å². The molecule has 0 bridgehead atoms. The molecule has 2 rings (SSSR count). The molecule has 25 heavy (non-hydrogen) atoms. The van der Waals surface area contributed by atoms with E-state index in [9.17, 15) is 14.4 Å². The molecule has 134 valence electrons. The zero-order valence-electron chi connectivity index (χ0n) is 14.2. The molecule has 0 atom stereocenters. The molecule has 1 heterocycles. The summed E-state index contributed by atoms with van der Waals surface area (Å²) in [5.74, 6) is 0.0298. The van der Waals surface area contributed by atoms with Crippen LogP contribution in [-0.2, 0) is 14.3 Å². The van der Waals surface area contributed by atoms with Crippen molar-refractivity contribution in [1.82, 2.24) is 4.90 Å². The van der Waals surface area contributed by atoms with Gasteiger partial charge >= 0.3 is 5.97 Å². The van der Waals surface area contributed by atoms with Crippen molar-refractivity contribution in [2.24, 2.45) is 0 Å². The van der Waals surface area contributed by atoms with Gasteiger partial charge < -0.3 is 14.2 Å². The normalized spacial score (nSPS) is 15.6. The Morgan fingerprint density at radius 1 is 1.20 bits per heavy atom. The highest BCUT2D eigenvalue weighted by atomic mass is 32.2. The highest BCUT2D eigenvalue weighted by Crippen LogP contribution is 2.34. The van der Waals surface area contributed by atoms with Crippen LogP contribution in [0, 0.1) is 0 Å². The van der Waals surface area contributed by atoms with Gasteiger partial charge in [0.25, 0.3) is 11.1 Å². The number of carbonyl (C=O) groups is 3. The van der Waals surface area contributed by atoms with Gasteiger partial charge in [0.2, 0.25) is 0 Å². The molecule has 7 nitrogen and oxygen atoms in total. The van der Waals surface area contributed by atoms with Crippen LogP contribution in [0.2, 0.25) is 0 Å². The van der Waals surface area contributed by atoms with Crippen molar-refractivity contribution < 1.29 is 28.6 Å². The first-order valence-corrected chi connectivity index (χ1v) is 8.53. The fourth-order valence-electron chi connectivity index (χ4n) is 2.12. The Bertz CT molecular complexity index is 715. The van der Waals surface area contributed by atoms with E-state index >= 15 is 0 Å². The number of ether oxygens (including phenoxy) is 3. The van der Waals surface area contributed by atoms with E-state index in [1.54, 1.807) is 31.2 Å². The SMILES string of the molecule is CCOc1cc(/C=C2\SC(=O)N(CC)C2=O)ccc1OCC(=O)OC. The Hall–Kier alpha value is -2.48. The van der Waals surface area contributed by atoms with Gasteiger partial charge in [-0.25, -0.2) is 4.79 Å². The molecule has 0 N–H and O–H groups in total. The topological polar surface area (TPSA) is 82.1 Å². The highest BCUT2D eigenvalue weighted by molar-refractivity contribution is 8.18. The number of likely N-dealkylation sites (N-methyl/N-ethyl adjacent to an activating group) is 1. The summed E-state index contributed by atoms with van der Waals surface area (Å²) in [7, 11) is 1.28. The third-order valence-corrected chi connectivity index (χ3v) is 4.24. The summed E-state index contributed by atoms with van der Waals surface area (Å²) >= 11 is 0.907. The van der Waals surface area contributed by atoms with Crippen molar-refractivity contribution in [1.29, 1.82) is 0 Å². The number of esters is 1. The maximum atomic E-state index is 12.1. The summed E-state index contributed by atoms with van der Waals surface area (Å²) in [6.45, 7) is 4.09. The van der Waals surface area contributed by atoms with Crippen LogP contribution in [0.25, 0.3) is 6.08 Å². The zero-order valence-corrected chi connectivity index (χ0v) is 15.1. The summed E-state index contributed by atoms with van der Waals surface area (Å²) < 4.78 is 15.4. The third kappa shape index (κ3) is 4.54. The molecule has 0 radical (unpaired) electrons. The lowest BCUT2D eigenvalue weighted by Gasteiger charge is -2.12. The Balaban J connectivity index is 2.23.